The van der Waals surface area contributed by atoms with E-state index in [9.17, 15) is 14.4 Å². The van der Waals surface area contributed by atoms with Crippen molar-refractivity contribution in [2.24, 2.45) is 5.92 Å². The number of nitrogens with zero attached hydrogens (tertiary/aromatic N) is 2. The van der Waals surface area contributed by atoms with Crippen LogP contribution in [0.2, 0.25) is 0 Å². The summed E-state index contributed by atoms with van der Waals surface area (Å²) in [6, 6.07) is 14.9. The molecule has 42 heavy (non-hydrogen) atoms. The smallest absolute Gasteiger partial charge is 0.326 e. The van der Waals surface area contributed by atoms with Gasteiger partial charge in [-0.05, 0) is 89.1 Å². The molecule has 0 spiro atoms. The molecule has 0 aromatic heterocycles. The number of hydrogen-bond donors (Lipinski definition) is 4. The van der Waals surface area contributed by atoms with Gasteiger partial charge in [-0.3, -0.25) is 14.5 Å². The van der Waals surface area contributed by atoms with Crippen LogP contribution in [0.3, 0.4) is 0 Å². The van der Waals surface area contributed by atoms with Crippen molar-refractivity contribution in [1.29, 1.82) is 0 Å². The van der Waals surface area contributed by atoms with Gasteiger partial charge in [-0.1, -0.05) is 30.0 Å². The molecule has 2 aromatic carbocycles. The SMILES string of the molecule is Cc1cc(Oc2ccccc2)ccc1N1C(=O)NC2=C(C(=O)N[C@@H]3CCC[C@H]3NC(=O)CN(C)C)SC3NCCC1C23. The molecular formula is C31H38N6O4S. The Kier molecular flexibility index (Phi) is 8.15. The van der Waals surface area contributed by atoms with E-state index >= 15 is 0 Å². The molecule has 5 atom stereocenters. The zero-order valence-corrected chi connectivity index (χ0v) is 25.0. The quantitative estimate of drug-likeness (QED) is 0.373. The van der Waals surface area contributed by atoms with Gasteiger partial charge in [-0.15, -0.1) is 0 Å². The van der Waals surface area contributed by atoms with Crippen molar-refractivity contribution in [1.82, 2.24) is 26.2 Å². The van der Waals surface area contributed by atoms with Crippen LogP contribution in [-0.2, 0) is 9.59 Å². The zero-order valence-electron chi connectivity index (χ0n) is 24.2. The predicted octanol–water partition coefficient (Wildman–Crippen LogP) is 3.29. The monoisotopic (exact) mass is 590 g/mol. The number of amides is 4. The van der Waals surface area contributed by atoms with E-state index in [4.69, 9.17) is 4.74 Å². The van der Waals surface area contributed by atoms with Crippen LogP contribution in [0, 0.1) is 12.8 Å². The minimum Gasteiger partial charge on any atom is -0.457 e. The Hall–Kier alpha value is -3.54. The number of piperidine rings is 1. The summed E-state index contributed by atoms with van der Waals surface area (Å²) in [4.78, 5) is 43.9. The second-order valence-electron chi connectivity index (χ2n) is 11.7. The molecule has 4 aliphatic rings. The van der Waals surface area contributed by atoms with Gasteiger partial charge in [-0.2, -0.15) is 0 Å². The van der Waals surface area contributed by atoms with Gasteiger partial charge in [0.1, 0.15) is 11.5 Å². The molecule has 0 radical (unpaired) electrons. The number of aryl methyl sites for hydroxylation is 1. The zero-order chi connectivity index (χ0) is 29.4. The van der Waals surface area contributed by atoms with Crippen LogP contribution in [0.25, 0.3) is 0 Å². The summed E-state index contributed by atoms with van der Waals surface area (Å²) in [7, 11) is 3.71. The molecule has 1 saturated carbocycles. The number of anilines is 1. The second kappa shape index (κ2) is 12.0. The molecule has 6 rings (SSSR count). The predicted molar refractivity (Wildman–Crippen MR) is 163 cm³/mol. The highest BCUT2D eigenvalue weighted by Crippen LogP contribution is 2.48. The molecule has 1 aliphatic carbocycles. The first-order valence-electron chi connectivity index (χ1n) is 14.6. The van der Waals surface area contributed by atoms with E-state index in [-0.39, 0.29) is 47.3 Å². The number of ether oxygens (including phenoxy) is 1. The average Bonchev–Trinajstić information content (AvgIpc) is 3.54. The first-order valence-corrected chi connectivity index (χ1v) is 15.5. The lowest BCUT2D eigenvalue weighted by Crippen LogP contribution is -2.62. The van der Waals surface area contributed by atoms with Crippen molar-refractivity contribution >= 4 is 35.3 Å². The lowest BCUT2D eigenvalue weighted by Gasteiger charge is -2.46. The Morgan fingerprint density at radius 3 is 2.55 bits per heavy atom. The van der Waals surface area contributed by atoms with Crippen LogP contribution in [0.4, 0.5) is 10.5 Å². The van der Waals surface area contributed by atoms with Crippen molar-refractivity contribution in [3.63, 3.8) is 0 Å². The van der Waals surface area contributed by atoms with E-state index in [0.29, 0.717) is 22.9 Å². The summed E-state index contributed by atoms with van der Waals surface area (Å²) in [6.07, 6.45) is 3.35. The first-order chi connectivity index (χ1) is 20.3. The highest BCUT2D eigenvalue weighted by Gasteiger charge is 2.52. The largest absolute Gasteiger partial charge is 0.457 e. The molecule has 4 amide bonds. The summed E-state index contributed by atoms with van der Waals surface area (Å²) in [6.45, 7) is 3.05. The molecule has 222 valence electrons. The first kappa shape index (κ1) is 28.6. The molecular weight excluding hydrogens is 552 g/mol. The van der Waals surface area contributed by atoms with Crippen molar-refractivity contribution in [2.45, 2.75) is 56.1 Å². The number of urea groups is 1. The number of hydrogen-bond acceptors (Lipinski definition) is 7. The van der Waals surface area contributed by atoms with Gasteiger partial charge in [0.15, 0.2) is 0 Å². The number of nitrogens with one attached hydrogen (secondary N) is 4. The number of carbonyl (C=O) groups excluding carboxylic acids is 3. The second-order valence-corrected chi connectivity index (χ2v) is 12.9. The van der Waals surface area contributed by atoms with Crippen molar-refractivity contribution < 1.29 is 19.1 Å². The van der Waals surface area contributed by atoms with Crippen molar-refractivity contribution in [3.8, 4) is 11.5 Å². The number of rotatable bonds is 8. The van der Waals surface area contributed by atoms with E-state index < -0.39 is 0 Å². The maximum absolute atomic E-state index is 13.7. The van der Waals surface area contributed by atoms with Gasteiger partial charge in [0.05, 0.1) is 22.9 Å². The molecule has 3 unspecified atom stereocenters. The molecule has 11 heteroatoms. The average molecular weight is 591 g/mol. The molecule has 3 heterocycles. The number of carbonyl (C=O) groups is 3. The Balaban J connectivity index is 1.19. The van der Waals surface area contributed by atoms with Crippen molar-refractivity contribution in [2.75, 3.05) is 32.1 Å². The third-order valence-electron chi connectivity index (χ3n) is 8.39. The molecule has 2 saturated heterocycles. The Morgan fingerprint density at radius 2 is 1.81 bits per heavy atom. The summed E-state index contributed by atoms with van der Waals surface area (Å²) in [5, 5.41) is 12.9. The minimum atomic E-state index is -0.228. The standard InChI is InChI=1S/C31H38N6O4S/c1-18-16-20(41-19-8-5-4-6-9-19)12-13-23(18)37-24-14-15-32-30-26(24)27(35-31(37)40)28(42-30)29(39)34-22-11-7-10-21(22)33-25(38)17-36(2)3/h4-6,8-9,12-13,16,21-22,24,26,30,32H,7,10-11,14-15,17H2,1-3H3,(H,33,38)(H,34,39)(H,35,40)/t21-,22-,24?,26?,30?/m1/s1. The number of thioether (sulfide) groups is 1. The van der Waals surface area contributed by atoms with Gasteiger partial charge >= 0.3 is 6.03 Å². The fourth-order valence-corrected chi connectivity index (χ4v) is 7.97. The molecule has 10 nitrogen and oxygen atoms in total. The summed E-state index contributed by atoms with van der Waals surface area (Å²) in [5.41, 5.74) is 2.48. The third kappa shape index (κ3) is 5.73. The Morgan fingerprint density at radius 1 is 1.05 bits per heavy atom. The van der Waals surface area contributed by atoms with Crippen LogP contribution in [0.5, 0.6) is 11.5 Å². The molecule has 3 fully saturated rings. The lowest BCUT2D eigenvalue weighted by atomic mass is 9.86. The maximum atomic E-state index is 13.7. The molecule has 0 bridgehead atoms. The third-order valence-corrected chi connectivity index (χ3v) is 9.75. The number of likely N-dealkylation sites (N-methyl/N-ethyl adjacent to an activating group) is 1. The Bertz CT molecular complexity index is 1400. The highest BCUT2D eigenvalue weighted by molar-refractivity contribution is 8.04. The van der Waals surface area contributed by atoms with E-state index in [1.54, 1.807) is 0 Å². The van der Waals surface area contributed by atoms with E-state index in [0.717, 1.165) is 49.2 Å². The van der Waals surface area contributed by atoms with E-state index in [2.05, 4.69) is 21.3 Å². The summed E-state index contributed by atoms with van der Waals surface area (Å²) in [5.74, 6) is 1.19. The molecule has 4 N–H and O–H groups in total. The van der Waals surface area contributed by atoms with Crippen LogP contribution in [-0.4, -0.2) is 73.4 Å². The number of para-hydroxylation sites is 1. The van der Waals surface area contributed by atoms with Gasteiger partial charge in [0.2, 0.25) is 5.91 Å². The van der Waals surface area contributed by atoms with Crippen molar-refractivity contribution in [3.05, 3.63) is 64.7 Å². The van der Waals surface area contributed by atoms with Gasteiger partial charge in [-0.25, -0.2) is 4.79 Å². The molecule has 3 aliphatic heterocycles. The summed E-state index contributed by atoms with van der Waals surface area (Å²) >= 11 is 1.49. The fourth-order valence-electron chi connectivity index (χ4n) is 6.57. The van der Waals surface area contributed by atoms with Gasteiger partial charge in [0.25, 0.3) is 5.91 Å². The topological polar surface area (TPSA) is 115 Å². The van der Waals surface area contributed by atoms with Crippen LogP contribution < -0.4 is 30.9 Å². The summed E-state index contributed by atoms with van der Waals surface area (Å²) < 4.78 is 6.01. The van der Waals surface area contributed by atoms with E-state index in [1.165, 1.54) is 11.8 Å². The van der Waals surface area contributed by atoms with E-state index in [1.807, 2.05) is 79.3 Å². The van der Waals surface area contributed by atoms with Crippen LogP contribution >= 0.6 is 11.8 Å². The Labute approximate surface area is 250 Å². The minimum absolute atomic E-state index is 0.0113. The number of benzene rings is 2. The van der Waals surface area contributed by atoms with Gasteiger partial charge < -0.3 is 30.9 Å². The van der Waals surface area contributed by atoms with Gasteiger partial charge in [0, 0.05) is 29.4 Å². The fraction of sp³-hybridized carbons (Fsp3) is 0.452. The normalized spacial score (nSPS) is 26.6. The highest BCUT2D eigenvalue weighted by atomic mass is 32.2. The van der Waals surface area contributed by atoms with Crippen LogP contribution in [0.1, 0.15) is 31.2 Å². The molecule has 2 aromatic rings. The van der Waals surface area contributed by atoms with Crippen LogP contribution in [0.15, 0.2) is 59.1 Å². The lowest BCUT2D eigenvalue weighted by molar-refractivity contribution is -0.123. The maximum Gasteiger partial charge on any atom is 0.326 e.